The number of benzene rings is 1. The maximum Gasteiger partial charge on any atom is 0.343 e. The predicted molar refractivity (Wildman–Crippen MR) is 119 cm³/mol. The summed E-state index contributed by atoms with van der Waals surface area (Å²) in [6.07, 6.45) is 1.81. The molecule has 10 heteroatoms. The molecular weight excluding hydrogens is 446 g/mol. The highest BCUT2D eigenvalue weighted by Gasteiger charge is 2.21. The van der Waals surface area contributed by atoms with Crippen molar-refractivity contribution >= 4 is 52.3 Å². The van der Waals surface area contributed by atoms with Gasteiger partial charge in [-0.05, 0) is 42.8 Å². The lowest BCUT2D eigenvalue weighted by Gasteiger charge is -2.12. The number of carbonyl (C=O) groups is 2. The van der Waals surface area contributed by atoms with E-state index in [-0.39, 0.29) is 5.56 Å². The lowest BCUT2D eigenvalue weighted by atomic mass is 10.2. The Kier molecular flexibility index (Phi) is 7.30. The summed E-state index contributed by atoms with van der Waals surface area (Å²) in [5.74, 6) is -0.197. The molecular formula is C20H18ClN3O4S2. The SMILES string of the molecule is COc1ccc(Cl)cc1NC(=O)COC(=O)c1c(C)nc(-c2cccs2)nc1SC. The Labute approximate surface area is 186 Å². The Balaban J connectivity index is 1.72. The van der Waals surface area contributed by atoms with Gasteiger partial charge in [-0.15, -0.1) is 23.1 Å². The van der Waals surface area contributed by atoms with E-state index < -0.39 is 18.5 Å². The van der Waals surface area contributed by atoms with Crippen molar-refractivity contribution in [2.24, 2.45) is 0 Å². The van der Waals surface area contributed by atoms with Gasteiger partial charge in [0, 0.05) is 5.02 Å². The van der Waals surface area contributed by atoms with Crippen LogP contribution >= 0.6 is 34.7 Å². The number of ether oxygens (including phenoxy) is 2. The van der Waals surface area contributed by atoms with Crippen LogP contribution in [0.15, 0.2) is 40.7 Å². The Morgan fingerprint density at radius 2 is 2.07 bits per heavy atom. The van der Waals surface area contributed by atoms with Crippen molar-refractivity contribution in [2.75, 3.05) is 25.3 Å². The number of carbonyl (C=O) groups excluding carboxylic acids is 2. The van der Waals surface area contributed by atoms with E-state index in [1.807, 2.05) is 23.8 Å². The Morgan fingerprint density at radius 3 is 2.73 bits per heavy atom. The fraction of sp³-hybridized carbons (Fsp3) is 0.200. The lowest BCUT2D eigenvalue weighted by molar-refractivity contribution is -0.119. The summed E-state index contributed by atoms with van der Waals surface area (Å²) in [7, 11) is 1.48. The number of thiophene rings is 1. The predicted octanol–water partition coefficient (Wildman–Crippen LogP) is 4.69. The Morgan fingerprint density at radius 1 is 1.27 bits per heavy atom. The summed E-state index contributed by atoms with van der Waals surface area (Å²) in [4.78, 5) is 34.7. The molecule has 0 atom stereocenters. The zero-order valence-electron chi connectivity index (χ0n) is 16.4. The van der Waals surface area contributed by atoms with Gasteiger partial charge < -0.3 is 14.8 Å². The van der Waals surface area contributed by atoms with Gasteiger partial charge in [0.1, 0.15) is 16.3 Å². The van der Waals surface area contributed by atoms with Gasteiger partial charge in [0.05, 0.1) is 23.4 Å². The molecule has 2 heterocycles. The van der Waals surface area contributed by atoms with Gasteiger partial charge in [0.25, 0.3) is 5.91 Å². The maximum atomic E-state index is 12.6. The monoisotopic (exact) mass is 463 g/mol. The van der Waals surface area contributed by atoms with Crippen LogP contribution in [0.3, 0.4) is 0 Å². The van der Waals surface area contributed by atoms with Crippen LogP contribution in [0.1, 0.15) is 16.1 Å². The minimum absolute atomic E-state index is 0.246. The van der Waals surface area contributed by atoms with Crippen LogP contribution in [0, 0.1) is 6.92 Å². The fourth-order valence-corrected chi connectivity index (χ4v) is 4.06. The standard InChI is InChI=1S/C20H18ClN3O4S2/c1-11-17(19(29-3)24-18(22-11)15-5-4-8-30-15)20(26)28-10-16(25)23-13-9-12(21)6-7-14(13)27-2/h4-9H,10H2,1-3H3,(H,23,25). The lowest BCUT2D eigenvalue weighted by Crippen LogP contribution is -2.22. The molecule has 156 valence electrons. The fourth-order valence-electron chi connectivity index (χ4n) is 2.61. The number of halogens is 1. The van der Waals surface area contributed by atoms with Gasteiger partial charge in [0.15, 0.2) is 12.4 Å². The molecule has 0 aliphatic carbocycles. The molecule has 1 amide bonds. The van der Waals surface area contributed by atoms with Gasteiger partial charge in [0.2, 0.25) is 0 Å². The molecule has 0 aliphatic heterocycles. The van der Waals surface area contributed by atoms with Crippen molar-refractivity contribution in [2.45, 2.75) is 11.9 Å². The highest BCUT2D eigenvalue weighted by Crippen LogP contribution is 2.29. The van der Waals surface area contributed by atoms with E-state index in [9.17, 15) is 9.59 Å². The quantitative estimate of drug-likeness (QED) is 0.308. The van der Waals surface area contributed by atoms with Crippen LogP contribution in [-0.4, -0.2) is 41.8 Å². The van der Waals surface area contributed by atoms with Crippen molar-refractivity contribution in [1.29, 1.82) is 0 Å². The van der Waals surface area contributed by atoms with Crippen LogP contribution in [0.4, 0.5) is 5.69 Å². The normalized spacial score (nSPS) is 10.5. The summed E-state index contributed by atoms with van der Waals surface area (Å²) in [5.41, 5.74) is 1.12. The van der Waals surface area contributed by atoms with E-state index >= 15 is 0 Å². The topological polar surface area (TPSA) is 90.4 Å². The number of amides is 1. The van der Waals surface area contributed by atoms with E-state index in [1.54, 1.807) is 25.1 Å². The van der Waals surface area contributed by atoms with E-state index in [1.165, 1.54) is 30.2 Å². The molecule has 7 nitrogen and oxygen atoms in total. The molecule has 0 bridgehead atoms. The van der Waals surface area contributed by atoms with Gasteiger partial charge in [-0.1, -0.05) is 17.7 Å². The first kappa shape index (κ1) is 22.1. The molecule has 3 rings (SSSR count). The molecule has 0 spiro atoms. The number of rotatable bonds is 7. The summed E-state index contributed by atoms with van der Waals surface area (Å²) in [5, 5.41) is 5.48. The van der Waals surface area contributed by atoms with E-state index in [0.717, 1.165) is 4.88 Å². The number of thioether (sulfide) groups is 1. The Bertz CT molecular complexity index is 1070. The third-order valence-electron chi connectivity index (χ3n) is 3.97. The number of methoxy groups -OCH3 is 1. The first-order chi connectivity index (χ1) is 14.4. The third-order valence-corrected chi connectivity index (χ3v) is 5.75. The number of nitrogens with one attached hydrogen (secondary N) is 1. The molecule has 0 saturated carbocycles. The van der Waals surface area contributed by atoms with Gasteiger partial charge >= 0.3 is 5.97 Å². The van der Waals surface area contributed by atoms with Gasteiger partial charge in [-0.3, -0.25) is 4.79 Å². The van der Waals surface area contributed by atoms with Crippen molar-refractivity contribution in [3.05, 3.63) is 52.0 Å². The highest BCUT2D eigenvalue weighted by molar-refractivity contribution is 7.98. The van der Waals surface area contributed by atoms with Gasteiger partial charge in [-0.2, -0.15) is 0 Å². The highest BCUT2D eigenvalue weighted by atomic mass is 35.5. The molecule has 1 N–H and O–H groups in total. The van der Waals surface area contributed by atoms with Crippen LogP contribution in [0.25, 0.3) is 10.7 Å². The first-order valence-corrected chi connectivity index (χ1v) is 11.2. The number of nitrogens with zero attached hydrogens (tertiary/aromatic N) is 2. The Hall–Kier alpha value is -2.62. The number of aryl methyl sites for hydroxylation is 1. The van der Waals surface area contributed by atoms with Crippen LogP contribution in [-0.2, 0) is 9.53 Å². The zero-order chi connectivity index (χ0) is 21.7. The molecule has 0 fully saturated rings. The second-order valence-corrected chi connectivity index (χ2v) is 8.14. The zero-order valence-corrected chi connectivity index (χ0v) is 18.8. The summed E-state index contributed by atoms with van der Waals surface area (Å²) in [6, 6.07) is 8.64. The minimum atomic E-state index is -0.664. The average Bonchev–Trinajstić information content (AvgIpc) is 3.26. The van der Waals surface area contributed by atoms with Crippen molar-refractivity contribution in [3.63, 3.8) is 0 Å². The first-order valence-electron chi connectivity index (χ1n) is 8.70. The second-order valence-electron chi connectivity index (χ2n) is 5.96. The summed E-state index contributed by atoms with van der Waals surface area (Å²) in [6.45, 7) is 1.24. The third kappa shape index (κ3) is 5.10. The average molecular weight is 464 g/mol. The molecule has 0 aliphatic rings. The van der Waals surface area contributed by atoms with Crippen molar-refractivity contribution in [1.82, 2.24) is 9.97 Å². The largest absolute Gasteiger partial charge is 0.495 e. The van der Waals surface area contributed by atoms with E-state index in [0.29, 0.717) is 33.0 Å². The smallest absolute Gasteiger partial charge is 0.343 e. The van der Waals surface area contributed by atoms with Crippen molar-refractivity contribution in [3.8, 4) is 16.5 Å². The summed E-state index contributed by atoms with van der Waals surface area (Å²) < 4.78 is 10.4. The molecule has 0 saturated heterocycles. The van der Waals surface area contributed by atoms with E-state index in [2.05, 4.69) is 15.3 Å². The molecule has 30 heavy (non-hydrogen) atoms. The molecule has 3 aromatic rings. The van der Waals surface area contributed by atoms with Crippen LogP contribution in [0.5, 0.6) is 5.75 Å². The number of hydrogen-bond acceptors (Lipinski definition) is 8. The molecule has 0 unspecified atom stereocenters. The number of hydrogen-bond donors (Lipinski definition) is 1. The number of aromatic nitrogens is 2. The maximum absolute atomic E-state index is 12.6. The molecule has 2 aromatic heterocycles. The van der Waals surface area contributed by atoms with Crippen molar-refractivity contribution < 1.29 is 19.1 Å². The van der Waals surface area contributed by atoms with Crippen LogP contribution in [0.2, 0.25) is 5.02 Å². The molecule has 1 aromatic carbocycles. The summed E-state index contributed by atoms with van der Waals surface area (Å²) >= 11 is 8.79. The van der Waals surface area contributed by atoms with Crippen LogP contribution < -0.4 is 10.1 Å². The molecule has 0 radical (unpaired) electrons. The number of esters is 1. The number of anilines is 1. The van der Waals surface area contributed by atoms with E-state index in [4.69, 9.17) is 21.1 Å². The van der Waals surface area contributed by atoms with Gasteiger partial charge in [-0.25, -0.2) is 14.8 Å². The minimum Gasteiger partial charge on any atom is -0.495 e. The second kappa shape index (κ2) is 9.92.